The second-order valence-corrected chi connectivity index (χ2v) is 6.10. The van der Waals surface area contributed by atoms with E-state index in [4.69, 9.17) is 4.74 Å². The Hall–Kier alpha value is -2.11. The molecule has 23 heavy (non-hydrogen) atoms. The van der Waals surface area contributed by atoms with Crippen molar-refractivity contribution in [3.05, 3.63) is 34.5 Å². The van der Waals surface area contributed by atoms with Gasteiger partial charge in [-0.15, -0.1) is 11.3 Å². The van der Waals surface area contributed by atoms with E-state index in [0.717, 1.165) is 29.9 Å². The summed E-state index contributed by atoms with van der Waals surface area (Å²) in [5.41, 5.74) is -0.702. The van der Waals surface area contributed by atoms with Gasteiger partial charge in [0.2, 0.25) is 0 Å². The summed E-state index contributed by atoms with van der Waals surface area (Å²) in [7, 11) is 0. The molecular weight excluding hydrogens is 329 g/mol. The molecule has 8 heteroatoms. The molecule has 2 aromatic rings. The van der Waals surface area contributed by atoms with Gasteiger partial charge in [-0.05, 0) is 31.0 Å². The van der Waals surface area contributed by atoms with Gasteiger partial charge in [-0.2, -0.15) is 18.4 Å². The molecule has 1 aromatic heterocycles. The highest BCUT2D eigenvalue weighted by Crippen LogP contribution is 2.35. The van der Waals surface area contributed by atoms with E-state index < -0.39 is 17.8 Å². The standard InChI is InChI=1S/C15H11F3N2O2S/c16-15(17,18)8-3-4-12-10(6-8)20-14(23-12)9(7-19)13(21)11-2-1-5-22-11/h3-4,6,11,21H,1-2,5H2/b13-9-. The Morgan fingerprint density at radius 3 is 2.83 bits per heavy atom. The van der Waals surface area contributed by atoms with Gasteiger partial charge in [0, 0.05) is 6.61 Å². The number of thiazole rings is 1. The normalized spacial score (nSPS) is 19.7. The lowest BCUT2D eigenvalue weighted by molar-refractivity contribution is -0.137. The van der Waals surface area contributed by atoms with Gasteiger partial charge in [-0.25, -0.2) is 4.98 Å². The van der Waals surface area contributed by atoms with Crippen LogP contribution in [0.25, 0.3) is 15.8 Å². The molecule has 1 saturated heterocycles. The number of aromatic nitrogens is 1. The van der Waals surface area contributed by atoms with Gasteiger partial charge >= 0.3 is 6.18 Å². The van der Waals surface area contributed by atoms with E-state index in [1.54, 1.807) is 0 Å². The lowest BCUT2D eigenvalue weighted by atomic mass is 10.1. The van der Waals surface area contributed by atoms with Crippen molar-refractivity contribution in [3.8, 4) is 6.07 Å². The average Bonchev–Trinajstić information content (AvgIpc) is 3.15. The van der Waals surface area contributed by atoms with Crippen molar-refractivity contribution in [2.45, 2.75) is 25.1 Å². The van der Waals surface area contributed by atoms with E-state index in [2.05, 4.69) is 4.98 Å². The lowest BCUT2D eigenvalue weighted by Crippen LogP contribution is -2.10. The zero-order valence-electron chi connectivity index (χ0n) is 11.7. The molecule has 2 heterocycles. The number of nitriles is 1. The molecule has 0 aliphatic carbocycles. The number of hydrogen-bond donors (Lipinski definition) is 1. The summed E-state index contributed by atoms with van der Waals surface area (Å²) in [5.74, 6) is -0.208. The Bertz CT molecular complexity index is 814. The molecule has 0 spiro atoms. The number of hydrogen-bond acceptors (Lipinski definition) is 5. The lowest BCUT2D eigenvalue weighted by Gasteiger charge is -2.09. The molecule has 0 saturated carbocycles. The fraction of sp³-hybridized carbons (Fsp3) is 0.333. The smallest absolute Gasteiger partial charge is 0.416 e. The largest absolute Gasteiger partial charge is 0.508 e. The molecule has 1 aliphatic rings. The number of ether oxygens (including phenoxy) is 1. The van der Waals surface area contributed by atoms with Crippen LogP contribution in [-0.4, -0.2) is 22.8 Å². The molecule has 3 rings (SSSR count). The first-order chi connectivity index (χ1) is 10.9. The van der Waals surface area contributed by atoms with Crippen LogP contribution in [0.5, 0.6) is 0 Å². The predicted molar refractivity (Wildman–Crippen MR) is 78.8 cm³/mol. The van der Waals surface area contributed by atoms with Crippen LogP contribution in [0.15, 0.2) is 24.0 Å². The van der Waals surface area contributed by atoms with Gasteiger partial charge in [0.25, 0.3) is 0 Å². The maximum absolute atomic E-state index is 12.7. The van der Waals surface area contributed by atoms with Crippen LogP contribution in [0.2, 0.25) is 0 Å². The Morgan fingerprint density at radius 1 is 1.43 bits per heavy atom. The molecule has 1 N–H and O–H groups in total. The highest BCUT2D eigenvalue weighted by Gasteiger charge is 2.31. The Labute approximate surface area is 133 Å². The number of nitrogens with zero attached hydrogens (tertiary/aromatic N) is 2. The van der Waals surface area contributed by atoms with E-state index in [1.165, 1.54) is 6.07 Å². The predicted octanol–water partition coefficient (Wildman–Crippen LogP) is 4.29. The van der Waals surface area contributed by atoms with Crippen molar-refractivity contribution in [2.24, 2.45) is 0 Å². The average molecular weight is 340 g/mol. The number of aliphatic hydroxyl groups excluding tert-OH is 1. The first kappa shape index (κ1) is 15.8. The fourth-order valence-electron chi connectivity index (χ4n) is 2.38. The third-order valence-electron chi connectivity index (χ3n) is 3.53. The Balaban J connectivity index is 2.05. The minimum atomic E-state index is -4.45. The van der Waals surface area contributed by atoms with Gasteiger partial charge in [0.15, 0.2) is 0 Å². The molecule has 0 amide bonds. The van der Waals surface area contributed by atoms with E-state index in [9.17, 15) is 23.5 Å². The number of alkyl halides is 3. The van der Waals surface area contributed by atoms with Crippen LogP contribution in [0.3, 0.4) is 0 Å². The van der Waals surface area contributed by atoms with Crippen LogP contribution in [0.1, 0.15) is 23.4 Å². The van der Waals surface area contributed by atoms with Gasteiger partial charge in [0.05, 0.1) is 15.8 Å². The quantitative estimate of drug-likeness (QED) is 0.654. The summed E-state index contributed by atoms with van der Waals surface area (Å²) in [6.07, 6.45) is -3.63. The minimum absolute atomic E-state index is 0.0494. The second kappa shape index (κ2) is 5.83. The summed E-state index contributed by atoms with van der Waals surface area (Å²) in [4.78, 5) is 4.07. The fourth-order valence-corrected chi connectivity index (χ4v) is 3.33. The van der Waals surface area contributed by atoms with Crippen LogP contribution >= 0.6 is 11.3 Å². The highest BCUT2D eigenvalue weighted by atomic mass is 32.1. The summed E-state index contributed by atoms with van der Waals surface area (Å²) >= 11 is 1.06. The maximum Gasteiger partial charge on any atom is 0.416 e. The molecule has 1 aliphatic heterocycles. The van der Waals surface area contributed by atoms with Crippen LogP contribution in [0.4, 0.5) is 13.2 Å². The molecule has 0 radical (unpaired) electrons. The summed E-state index contributed by atoms with van der Waals surface area (Å²) in [6, 6.07) is 5.10. The van der Waals surface area contributed by atoms with Crippen LogP contribution < -0.4 is 0 Å². The molecule has 0 bridgehead atoms. The van der Waals surface area contributed by atoms with Crippen LogP contribution in [-0.2, 0) is 10.9 Å². The van der Waals surface area contributed by atoms with E-state index >= 15 is 0 Å². The minimum Gasteiger partial charge on any atom is -0.508 e. The van der Waals surface area contributed by atoms with Crippen molar-refractivity contribution >= 4 is 27.1 Å². The third-order valence-corrected chi connectivity index (χ3v) is 4.59. The van der Waals surface area contributed by atoms with Gasteiger partial charge < -0.3 is 9.84 Å². The number of aliphatic hydroxyl groups is 1. The zero-order valence-corrected chi connectivity index (χ0v) is 12.5. The van der Waals surface area contributed by atoms with E-state index in [1.807, 2.05) is 6.07 Å². The summed E-state index contributed by atoms with van der Waals surface area (Å²) in [5, 5.41) is 19.7. The monoisotopic (exact) mass is 340 g/mol. The van der Waals surface area contributed by atoms with Crippen molar-refractivity contribution in [3.63, 3.8) is 0 Å². The van der Waals surface area contributed by atoms with Gasteiger partial charge in [0.1, 0.15) is 28.5 Å². The van der Waals surface area contributed by atoms with Crippen molar-refractivity contribution in [1.29, 1.82) is 5.26 Å². The third kappa shape index (κ3) is 3.02. The SMILES string of the molecule is N#C/C(=C(/O)C1CCCO1)c1nc2cc(C(F)(F)F)ccc2s1. The molecule has 1 atom stereocenters. The first-order valence-electron chi connectivity index (χ1n) is 6.83. The van der Waals surface area contributed by atoms with E-state index in [0.29, 0.717) is 17.7 Å². The molecule has 120 valence electrons. The Kier molecular flexibility index (Phi) is 4.00. The second-order valence-electron chi connectivity index (χ2n) is 5.07. The number of allylic oxidation sites excluding steroid dienone is 1. The molecule has 1 aromatic carbocycles. The zero-order chi connectivity index (χ0) is 16.6. The van der Waals surface area contributed by atoms with Crippen LogP contribution in [0, 0.1) is 11.3 Å². The van der Waals surface area contributed by atoms with Crippen molar-refractivity contribution < 1.29 is 23.0 Å². The van der Waals surface area contributed by atoms with Gasteiger partial charge in [-0.1, -0.05) is 0 Å². The number of fused-ring (bicyclic) bond motifs is 1. The van der Waals surface area contributed by atoms with Crippen molar-refractivity contribution in [2.75, 3.05) is 6.61 Å². The topological polar surface area (TPSA) is 66.1 Å². The molecule has 4 nitrogen and oxygen atoms in total. The maximum atomic E-state index is 12.7. The number of rotatable bonds is 2. The molecule has 1 unspecified atom stereocenters. The summed E-state index contributed by atoms with van der Waals surface area (Å²) < 4.78 is 44.1. The number of benzene rings is 1. The molecule has 1 fully saturated rings. The van der Waals surface area contributed by atoms with E-state index in [-0.39, 0.29) is 21.9 Å². The Morgan fingerprint density at radius 2 is 2.22 bits per heavy atom. The first-order valence-corrected chi connectivity index (χ1v) is 7.65. The van der Waals surface area contributed by atoms with Crippen molar-refractivity contribution in [1.82, 2.24) is 4.98 Å². The number of halogens is 3. The highest BCUT2D eigenvalue weighted by molar-refractivity contribution is 7.19. The molecular formula is C15H11F3N2O2S. The summed E-state index contributed by atoms with van der Waals surface area (Å²) in [6.45, 7) is 0.502. The van der Waals surface area contributed by atoms with Gasteiger partial charge in [-0.3, -0.25) is 0 Å².